The summed E-state index contributed by atoms with van der Waals surface area (Å²) >= 11 is 0. The summed E-state index contributed by atoms with van der Waals surface area (Å²) in [7, 11) is -0.497. The third-order valence-electron chi connectivity index (χ3n) is 4.03. The van der Waals surface area contributed by atoms with Gasteiger partial charge in [-0.25, -0.2) is 8.42 Å². The number of aryl methyl sites for hydroxylation is 1. The fourth-order valence-corrected chi connectivity index (χ4v) is 4.65. The second-order valence-electron chi connectivity index (χ2n) is 5.30. The Kier molecular flexibility index (Phi) is 4.57. The summed E-state index contributed by atoms with van der Waals surface area (Å²) < 4.78 is 37.8. The van der Waals surface area contributed by atoms with Crippen molar-refractivity contribution in [2.75, 3.05) is 33.0 Å². The third kappa shape index (κ3) is 2.78. The molecule has 1 aromatic carbocycles. The van der Waals surface area contributed by atoms with Gasteiger partial charge in [0.1, 0.15) is 0 Å². The first-order chi connectivity index (χ1) is 9.82. The normalized spacial score (nSPS) is 23.6. The molecule has 7 heteroatoms. The number of rotatable bonds is 4. The standard InChI is InChI=1S/C14H22N2O4S/c1-9-5-6-11(15)10(2)14(9)21(17,18)16-7-12(19-3)13(8-16)20-4/h5-6,12-13H,7-8,15H2,1-4H3. The van der Waals surface area contributed by atoms with Crippen LogP contribution in [0.3, 0.4) is 0 Å². The van der Waals surface area contributed by atoms with Crippen LogP contribution in [0, 0.1) is 13.8 Å². The van der Waals surface area contributed by atoms with Crippen molar-refractivity contribution in [1.82, 2.24) is 4.31 Å². The molecule has 0 aliphatic carbocycles. The van der Waals surface area contributed by atoms with Crippen molar-refractivity contribution in [3.05, 3.63) is 23.3 Å². The van der Waals surface area contributed by atoms with E-state index in [4.69, 9.17) is 15.2 Å². The van der Waals surface area contributed by atoms with Gasteiger partial charge in [-0.1, -0.05) is 6.07 Å². The summed E-state index contributed by atoms with van der Waals surface area (Å²) in [6.45, 7) is 4.07. The Morgan fingerprint density at radius 1 is 1.14 bits per heavy atom. The average molecular weight is 314 g/mol. The largest absolute Gasteiger partial charge is 0.398 e. The minimum Gasteiger partial charge on any atom is -0.398 e. The molecule has 2 rings (SSSR count). The average Bonchev–Trinajstić information content (AvgIpc) is 2.87. The van der Waals surface area contributed by atoms with E-state index < -0.39 is 10.0 Å². The lowest BCUT2D eigenvalue weighted by molar-refractivity contribution is -0.00461. The number of nitrogens with zero attached hydrogens (tertiary/aromatic N) is 1. The summed E-state index contributed by atoms with van der Waals surface area (Å²) in [4.78, 5) is 0.286. The summed E-state index contributed by atoms with van der Waals surface area (Å²) in [5.41, 5.74) is 7.62. The zero-order valence-corrected chi connectivity index (χ0v) is 13.6. The first kappa shape index (κ1) is 16.2. The van der Waals surface area contributed by atoms with Gasteiger partial charge >= 0.3 is 0 Å². The van der Waals surface area contributed by atoms with E-state index in [1.165, 1.54) is 4.31 Å². The smallest absolute Gasteiger partial charge is 0.243 e. The van der Waals surface area contributed by atoms with Crippen molar-refractivity contribution in [3.63, 3.8) is 0 Å². The number of nitrogens with two attached hydrogens (primary N) is 1. The van der Waals surface area contributed by atoms with Gasteiger partial charge in [0.15, 0.2) is 0 Å². The highest BCUT2D eigenvalue weighted by molar-refractivity contribution is 7.89. The van der Waals surface area contributed by atoms with E-state index in [0.717, 1.165) is 0 Å². The van der Waals surface area contributed by atoms with Gasteiger partial charge in [-0.15, -0.1) is 0 Å². The molecule has 6 nitrogen and oxygen atoms in total. The van der Waals surface area contributed by atoms with Crippen LogP contribution < -0.4 is 5.73 Å². The molecule has 0 bridgehead atoms. The predicted molar refractivity (Wildman–Crippen MR) is 80.7 cm³/mol. The minimum atomic E-state index is -3.62. The maximum Gasteiger partial charge on any atom is 0.243 e. The van der Waals surface area contributed by atoms with E-state index in [0.29, 0.717) is 16.8 Å². The highest BCUT2D eigenvalue weighted by Crippen LogP contribution is 2.30. The van der Waals surface area contributed by atoms with Gasteiger partial charge in [-0.3, -0.25) is 0 Å². The number of methoxy groups -OCH3 is 2. The van der Waals surface area contributed by atoms with Crippen molar-refractivity contribution >= 4 is 15.7 Å². The Balaban J connectivity index is 2.43. The predicted octanol–water partition coefficient (Wildman–Crippen LogP) is 0.920. The number of ether oxygens (including phenoxy) is 2. The molecule has 1 fully saturated rings. The Labute approximate surface area is 125 Å². The second-order valence-corrected chi connectivity index (χ2v) is 7.17. The van der Waals surface area contributed by atoms with Crippen molar-refractivity contribution < 1.29 is 17.9 Å². The highest BCUT2D eigenvalue weighted by atomic mass is 32.2. The Morgan fingerprint density at radius 2 is 1.67 bits per heavy atom. The summed E-state index contributed by atoms with van der Waals surface area (Å²) in [6, 6.07) is 3.45. The van der Waals surface area contributed by atoms with E-state index in [2.05, 4.69) is 0 Å². The van der Waals surface area contributed by atoms with E-state index in [1.54, 1.807) is 40.2 Å². The maximum atomic E-state index is 12.9. The second kappa shape index (κ2) is 5.92. The van der Waals surface area contributed by atoms with Crippen molar-refractivity contribution in [1.29, 1.82) is 0 Å². The van der Waals surface area contributed by atoms with Gasteiger partial charge in [-0.05, 0) is 31.0 Å². The zero-order valence-electron chi connectivity index (χ0n) is 12.8. The number of sulfonamides is 1. The molecule has 118 valence electrons. The van der Waals surface area contributed by atoms with E-state index >= 15 is 0 Å². The SMILES string of the molecule is COC1CN(S(=O)(=O)c2c(C)ccc(N)c2C)CC1OC. The zero-order chi connectivity index (χ0) is 15.8. The first-order valence-corrected chi connectivity index (χ1v) is 8.18. The van der Waals surface area contributed by atoms with Crippen LogP contribution in [0.2, 0.25) is 0 Å². The monoisotopic (exact) mass is 314 g/mol. The number of nitrogen functional groups attached to an aromatic ring is 1. The fourth-order valence-electron chi connectivity index (χ4n) is 2.73. The molecule has 2 atom stereocenters. The van der Waals surface area contributed by atoms with Crippen LogP contribution in [0.1, 0.15) is 11.1 Å². The van der Waals surface area contributed by atoms with Gasteiger partial charge in [-0.2, -0.15) is 4.31 Å². The van der Waals surface area contributed by atoms with Gasteiger partial charge in [0.25, 0.3) is 0 Å². The molecule has 0 spiro atoms. The van der Waals surface area contributed by atoms with Crippen LogP contribution >= 0.6 is 0 Å². The van der Waals surface area contributed by atoms with Gasteiger partial charge in [0, 0.05) is 33.0 Å². The number of hydrogen-bond donors (Lipinski definition) is 1. The van der Waals surface area contributed by atoms with Gasteiger partial charge in [0.2, 0.25) is 10.0 Å². The highest BCUT2D eigenvalue weighted by Gasteiger charge is 2.40. The molecule has 1 saturated heterocycles. The summed E-state index contributed by atoms with van der Waals surface area (Å²) in [5.74, 6) is 0. The Bertz CT molecular complexity index is 618. The first-order valence-electron chi connectivity index (χ1n) is 6.74. The lowest BCUT2D eigenvalue weighted by Gasteiger charge is -2.20. The number of anilines is 1. The number of hydrogen-bond acceptors (Lipinski definition) is 5. The molecule has 21 heavy (non-hydrogen) atoms. The third-order valence-corrected chi connectivity index (χ3v) is 6.15. The van der Waals surface area contributed by atoms with Gasteiger partial charge in [0.05, 0.1) is 17.1 Å². The number of benzene rings is 1. The van der Waals surface area contributed by atoms with E-state index in [1.807, 2.05) is 0 Å². The fraction of sp³-hybridized carbons (Fsp3) is 0.571. The lowest BCUT2D eigenvalue weighted by atomic mass is 10.1. The van der Waals surface area contributed by atoms with Crippen LogP contribution in [0.25, 0.3) is 0 Å². The molecule has 1 aliphatic heterocycles. The molecule has 0 saturated carbocycles. The topological polar surface area (TPSA) is 81.9 Å². The van der Waals surface area contributed by atoms with Crippen molar-refractivity contribution in [2.45, 2.75) is 31.0 Å². The summed E-state index contributed by atoms with van der Waals surface area (Å²) in [5, 5.41) is 0. The molecule has 0 radical (unpaired) electrons. The molecular formula is C14H22N2O4S. The lowest BCUT2D eigenvalue weighted by Crippen LogP contribution is -2.31. The van der Waals surface area contributed by atoms with E-state index in [-0.39, 0.29) is 30.2 Å². The molecule has 1 aromatic rings. The quantitative estimate of drug-likeness (QED) is 0.836. The van der Waals surface area contributed by atoms with Gasteiger partial charge < -0.3 is 15.2 Å². The molecule has 0 amide bonds. The van der Waals surface area contributed by atoms with E-state index in [9.17, 15) is 8.42 Å². The van der Waals surface area contributed by atoms with Crippen LogP contribution in [-0.4, -0.2) is 52.2 Å². The Morgan fingerprint density at radius 3 is 2.14 bits per heavy atom. The molecule has 0 aromatic heterocycles. The molecule has 1 aliphatic rings. The molecule has 2 N–H and O–H groups in total. The minimum absolute atomic E-state index is 0.258. The van der Waals surface area contributed by atoms with Crippen LogP contribution in [0.5, 0.6) is 0 Å². The van der Waals surface area contributed by atoms with Crippen LogP contribution in [0.15, 0.2) is 17.0 Å². The van der Waals surface area contributed by atoms with Crippen LogP contribution in [-0.2, 0) is 19.5 Å². The molecule has 1 heterocycles. The molecular weight excluding hydrogens is 292 g/mol. The van der Waals surface area contributed by atoms with Crippen molar-refractivity contribution in [3.8, 4) is 0 Å². The molecule has 2 unspecified atom stereocenters. The van der Waals surface area contributed by atoms with Crippen LogP contribution in [0.4, 0.5) is 5.69 Å². The Hall–Kier alpha value is -1.15. The van der Waals surface area contributed by atoms with Crippen molar-refractivity contribution in [2.24, 2.45) is 0 Å². The summed E-state index contributed by atoms with van der Waals surface area (Å²) in [6.07, 6.45) is -0.516. The maximum absolute atomic E-state index is 12.9.